The van der Waals surface area contributed by atoms with Gasteiger partial charge in [0.05, 0.1) is 13.2 Å². The molecular weight excluding hydrogens is 311 g/mol. The van der Waals surface area contributed by atoms with Crippen LogP contribution in [0, 0.1) is 5.82 Å². The van der Waals surface area contributed by atoms with E-state index in [9.17, 15) is 9.18 Å². The Labute approximate surface area is 137 Å². The molecule has 1 aromatic heterocycles. The zero-order valence-electron chi connectivity index (χ0n) is 12.8. The summed E-state index contributed by atoms with van der Waals surface area (Å²) in [4.78, 5) is 15.3. The number of anilines is 1. The molecule has 5 nitrogen and oxygen atoms in total. The number of hydrogen-bond acceptors (Lipinski definition) is 3. The van der Waals surface area contributed by atoms with Gasteiger partial charge in [0.25, 0.3) is 5.91 Å². The minimum absolute atomic E-state index is 0.294. The van der Waals surface area contributed by atoms with Gasteiger partial charge in [-0.3, -0.25) is 4.79 Å². The molecule has 0 bridgehead atoms. The van der Waals surface area contributed by atoms with Crippen LogP contribution in [0.4, 0.5) is 10.1 Å². The van der Waals surface area contributed by atoms with Gasteiger partial charge in [-0.25, -0.2) is 4.39 Å². The van der Waals surface area contributed by atoms with Crippen molar-refractivity contribution >= 4 is 22.5 Å². The summed E-state index contributed by atoms with van der Waals surface area (Å²) in [6.07, 6.45) is 0.816. The van der Waals surface area contributed by atoms with Crippen molar-refractivity contribution in [2.24, 2.45) is 0 Å². The summed E-state index contributed by atoms with van der Waals surface area (Å²) in [5.74, 6) is 0.560. The zero-order chi connectivity index (χ0) is 16.5. The molecule has 2 aromatic carbocycles. The number of carbonyl (C=O) groups is 1. The molecule has 0 fully saturated rings. The normalized spacial score (nSPS) is 13.5. The Balaban J connectivity index is 1.59. The van der Waals surface area contributed by atoms with Crippen molar-refractivity contribution in [2.45, 2.75) is 6.42 Å². The molecule has 0 aliphatic carbocycles. The third-order valence-electron chi connectivity index (χ3n) is 3.86. The van der Waals surface area contributed by atoms with Crippen molar-refractivity contribution in [2.75, 3.05) is 18.5 Å². The van der Waals surface area contributed by atoms with E-state index in [1.54, 1.807) is 30.3 Å². The van der Waals surface area contributed by atoms with E-state index in [1.807, 2.05) is 0 Å². The minimum atomic E-state index is -0.363. The van der Waals surface area contributed by atoms with E-state index >= 15 is 0 Å². The molecule has 1 amide bonds. The molecule has 0 spiro atoms. The smallest absolute Gasteiger partial charge is 0.272 e. The van der Waals surface area contributed by atoms with Gasteiger partial charge in [-0.15, -0.1) is 0 Å². The maximum absolute atomic E-state index is 13.7. The van der Waals surface area contributed by atoms with Crippen molar-refractivity contribution in [1.29, 1.82) is 0 Å². The summed E-state index contributed by atoms with van der Waals surface area (Å²) in [5, 5.41) is 3.17. The number of hydrogen-bond donors (Lipinski definition) is 2. The Morgan fingerprint density at radius 3 is 2.75 bits per heavy atom. The number of aromatic amines is 1. The molecule has 1 aliphatic rings. The fourth-order valence-corrected chi connectivity index (χ4v) is 2.68. The van der Waals surface area contributed by atoms with Gasteiger partial charge in [0.15, 0.2) is 11.5 Å². The van der Waals surface area contributed by atoms with Crippen molar-refractivity contribution in [3.8, 4) is 11.5 Å². The first kappa shape index (κ1) is 14.6. The maximum atomic E-state index is 13.7. The number of aromatic nitrogens is 1. The number of carbonyl (C=O) groups excluding carboxylic acids is 1. The van der Waals surface area contributed by atoms with Crippen LogP contribution in [0.2, 0.25) is 0 Å². The molecule has 2 N–H and O–H groups in total. The van der Waals surface area contributed by atoms with E-state index in [0.717, 1.165) is 6.42 Å². The van der Waals surface area contributed by atoms with E-state index in [0.29, 0.717) is 47.0 Å². The van der Waals surface area contributed by atoms with E-state index in [1.165, 1.54) is 12.1 Å². The first-order valence-electron chi connectivity index (χ1n) is 7.69. The molecule has 24 heavy (non-hydrogen) atoms. The Morgan fingerprint density at radius 1 is 1.08 bits per heavy atom. The highest BCUT2D eigenvalue weighted by Crippen LogP contribution is 2.32. The fraction of sp³-hybridized carbons (Fsp3) is 0.167. The van der Waals surface area contributed by atoms with Gasteiger partial charge in [0.2, 0.25) is 0 Å². The standard InChI is InChI=1S/C18H15FN2O3/c19-13-3-1-4-14-12(13)10-15(21-14)18(22)20-11-5-6-16-17(9-11)24-8-2-7-23-16/h1,3-6,9-10,21H,2,7-8H2,(H,20,22). The van der Waals surface area contributed by atoms with Gasteiger partial charge < -0.3 is 19.8 Å². The summed E-state index contributed by atoms with van der Waals surface area (Å²) in [6.45, 7) is 1.19. The number of nitrogens with one attached hydrogen (secondary N) is 2. The highest BCUT2D eigenvalue weighted by atomic mass is 19.1. The average Bonchev–Trinajstić information content (AvgIpc) is 2.89. The summed E-state index contributed by atoms with van der Waals surface area (Å²) in [7, 11) is 0. The van der Waals surface area contributed by atoms with Crippen LogP contribution in [0.1, 0.15) is 16.9 Å². The van der Waals surface area contributed by atoms with Crippen LogP contribution in [0.5, 0.6) is 11.5 Å². The molecule has 0 unspecified atom stereocenters. The summed E-state index contributed by atoms with van der Waals surface area (Å²) in [6, 6.07) is 11.4. The summed E-state index contributed by atoms with van der Waals surface area (Å²) >= 11 is 0. The molecule has 0 saturated carbocycles. The first-order chi connectivity index (χ1) is 11.7. The second kappa shape index (κ2) is 5.88. The van der Waals surface area contributed by atoms with Gasteiger partial charge in [0, 0.05) is 29.1 Å². The Kier molecular flexibility index (Phi) is 3.57. The van der Waals surface area contributed by atoms with E-state index in [4.69, 9.17) is 9.47 Å². The second-order valence-electron chi connectivity index (χ2n) is 5.55. The predicted molar refractivity (Wildman–Crippen MR) is 88.3 cm³/mol. The van der Waals surface area contributed by atoms with Crippen molar-refractivity contribution in [1.82, 2.24) is 4.98 Å². The Bertz CT molecular complexity index is 920. The lowest BCUT2D eigenvalue weighted by Gasteiger charge is -2.10. The topological polar surface area (TPSA) is 63.4 Å². The number of halogens is 1. The van der Waals surface area contributed by atoms with Gasteiger partial charge in [-0.1, -0.05) is 6.07 Å². The first-order valence-corrected chi connectivity index (χ1v) is 7.69. The van der Waals surface area contributed by atoms with Gasteiger partial charge in [-0.05, 0) is 30.3 Å². The highest BCUT2D eigenvalue weighted by Gasteiger charge is 2.14. The molecule has 0 atom stereocenters. The number of rotatable bonds is 2. The van der Waals surface area contributed by atoms with Crippen molar-refractivity contribution in [3.05, 3.63) is 54.0 Å². The monoisotopic (exact) mass is 326 g/mol. The van der Waals surface area contributed by atoms with Gasteiger partial charge in [0.1, 0.15) is 11.5 Å². The van der Waals surface area contributed by atoms with Crippen LogP contribution >= 0.6 is 0 Å². The van der Waals surface area contributed by atoms with Crippen LogP contribution in [0.15, 0.2) is 42.5 Å². The zero-order valence-corrected chi connectivity index (χ0v) is 12.8. The quantitative estimate of drug-likeness (QED) is 0.754. The Morgan fingerprint density at radius 2 is 1.92 bits per heavy atom. The number of benzene rings is 2. The van der Waals surface area contributed by atoms with E-state index in [2.05, 4.69) is 10.3 Å². The number of fused-ring (bicyclic) bond motifs is 2. The van der Waals surface area contributed by atoms with Crippen LogP contribution in [0.25, 0.3) is 10.9 Å². The molecule has 6 heteroatoms. The Hall–Kier alpha value is -3.02. The SMILES string of the molecule is O=C(Nc1ccc2c(c1)OCCCO2)c1cc2c(F)cccc2[nH]1. The summed E-state index contributed by atoms with van der Waals surface area (Å²) in [5.41, 5.74) is 1.46. The van der Waals surface area contributed by atoms with E-state index in [-0.39, 0.29) is 11.7 Å². The molecular formula is C18H15FN2O3. The number of H-pyrrole nitrogens is 1. The van der Waals surface area contributed by atoms with Gasteiger partial charge in [-0.2, -0.15) is 0 Å². The minimum Gasteiger partial charge on any atom is -0.490 e. The van der Waals surface area contributed by atoms with E-state index < -0.39 is 0 Å². The van der Waals surface area contributed by atoms with Crippen LogP contribution < -0.4 is 14.8 Å². The molecule has 2 heterocycles. The maximum Gasteiger partial charge on any atom is 0.272 e. The molecule has 3 aromatic rings. The number of ether oxygens (including phenoxy) is 2. The summed E-state index contributed by atoms with van der Waals surface area (Å²) < 4.78 is 24.9. The average molecular weight is 326 g/mol. The molecule has 4 rings (SSSR count). The van der Waals surface area contributed by atoms with Gasteiger partial charge >= 0.3 is 0 Å². The highest BCUT2D eigenvalue weighted by molar-refractivity contribution is 6.06. The molecule has 122 valence electrons. The fourth-order valence-electron chi connectivity index (χ4n) is 2.68. The molecule has 0 radical (unpaired) electrons. The third-order valence-corrected chi connectivity index (χ3v) is 3.86. The lowest BCUT2D eigenvalue weighted by atomic mass is 10.2. The van der Waals surface area contributed by atoms with Crippen LogP contribution in [0.3, 0.4) is 0 Å². The van der Waals surface area contributed by atoms with Crippen LogP contribution in [-0.4, -0.2) is 24.1 Å². The molecule has 1 aliphatic heterocycles. The largest absolute Gasteiger partial charge is 0.490 e. The van der Waals surface area contributed by atoms with Crippen LogP contribution in [-0.2, 0) is 0 Å². The lowest BCUT2D eigenvalue weighted by Crippen LogP contribution is -2.12. The predicted octanol–water partition coefficient (Wildman–Crippen LogP) is 3.72. The van der Waals surface area contributed by atoms with Crippen molar-refractivity contribution in [3.63, 3.8) is 0 Å². The number of amides is 1. The van der Waals surface area contributed by atoms with Crippen molar-refractivity contribution < 1.29 is 18.7 Å². The lowest BCUT2D eigenvalue weighted by molar-refractivity contribution is 0.102. The molecule has 0 saturated heterocycles. The third kappa shape index (κ3) is 2.67. The second-order valence-corrected chi connectivity index (χ2v) is 5.55.